The number of likely N-dealkylation sites (tertiary alicyclic amines) is 1. The van der Waals surface area contributed by atoms with E-state index in [4.69, 9.17) is 5.73 Å². The predicted octanol–water partition coefficient (Wildman–Crippen LogP) is 3.77. The van der Waals surface area contributed by atoms with Crippen LogP contribution in [0.15, 0.2) is 15.9 Å². The van der Waals surface area contributed by atoms with Gasteiger partial charge in [-0.2, -0.15) is 0 Å². The predicted molar refractivity (Wildman–Crippen MR) is 80.9 cm³/mol. The van der Waals surface area contributed by atoms with Crippen molar-refractivity contribution in [1.29, 1.82) is 0 Å². The number of piperidine rings is 1. The van der Waals surface area contributed by atoms with Crippen LogP contribution >= 0.6 is 27.3 Å². The third-order valence-electron chi connectivity index (χ3n) is 4.57. The fraction of sp³-hybridized carbons (Fsp3) is 0.714. The molecule has 1 aromatic heterocycles. The van der Waals surface area contributed by atoms with Crippen LogP contribution in [-0.4, -0.2) is 23.5 Å². The van der Waals surface area contributed by atoms with Crippen LogP contribution in [0, 0.1) is 5.92 Å². The van der Waals surface area contributed by atoms with Gasteiger partial charge < -0.3 is 5.73 Å². The summed E-state index contributed by atoms with van der Waals surface area (Å²) in [5, 5.41) is 2.18. The topological polar surface area (TPSA) is 29.3 Å². The van der Waals surface area contributed by atoms with E-state index in [9.17, 15) is 0 Å². The van der Waals surface area contributed by atoms with Gasteiger partial charge in [0.05, 0.1) is 6.04 Å². The first-order chi connectivity index (χ1) is 8.69. The van der Waals surface area contributed by atoms with Crippen LogP contribution in [0.3, 0.4) is 0 Å². The van der Waals surface area contributed by atoms with Gasteiger partial charge in [-0.25, -0.2) is 0 Å². The van der Waals surface area contributed by atoms with Crippen LogP contribution in [-0.2, 0) is 0 Å². The second-order valence-corrected chi connectivity index (χ2v) is 7.57. The molecule has 0 amide bonds. The maximum absolute atomic E-state index is 6.42. The molecule has 1 aromatic rings. The highest BCUT2D eigenvalue weighted by Crippen LogP contribution is 2.44. The zero-order valence-electron chi connectivity index (χ0n) is 10.8. The van der Waals surface area contributed by atoms with Crippen molar-refractivity contribution in [3.63, 3.8) is 0 Å². The molecule has 0 radical (unpaired) electrons. The molecule has 2 fully saturated rings. The maximum atomic E-state index is 6.42. The second-order valence-electron chi connectivity index (χ2n) is 5.71. The highest BCUT2D eigenvalue weighted by Gasteiger charge is 2.43. The fourth-order valence-corrected chi connectivity index (χ4v) is 5.27. The number of fused-ring (bicyclic) bond motifs is 2. The van der Waals surface area contributed by atoms with Crippen molar-refractivity contribution in [2.45, 2.75) is 50.7 Å². The summed E-state index contributed by atoms with van der Waals surface area (Å²) >= 11 is 5.42. The minimum absolute atomic E-state index is 0.259. The fourth-order valence-electron chi connectivity index (χ4n) is 3.63. The van der Waals surface area contributed by atoms with Crippen molar-refractivity contribution in [3.05, 3.63) is 20.8 Å². The smallest absolute Gasteiger partial charge is 0.0596 e. The first-order valence-electron chi connectivity index (χ1n) is 6.94. The van der Waals surface area contributed by atoms with Crippen LogP contribution in [0.25, 0.3) is 0 Å². The van der Waals surface area contributed by atoms with Crippen molar-refractivity contribution in [3.8, 4) is 0 Å². The van der Waals surface area contributed by atoms with Crippen molar-refractivity contribution in [1.82, 2.24) is 4.90 Å². The Kier molecular flexibility index (Phi) is 3.81. The minimum atomic E-state index is 0.259. The van der Waals surface area contributed by atoms with E-state index in [2.05, 4.69) is 39.2 Å². The van der Waals surface area contributed by atoms with E-state index in [-0.39, 0.29) is 6.04 Å². The summed E-state index contributed by atoms with van der Waals surface area (Å²) in [5.74, 6) is 0.935. The van der Waals surface area contributed by atoms with Crippen LogP contribution in [0.1, 0.15) is 43.5 Å². The molecule has 1 saturated carbocycles. The Morgan fingerprint density at radius 1 is 1.56 bits per heavy atom. The van der Waals surface area contributed by atoms with Gasteiger partial charge in [0.1, 0.15) is 0 Å². The van der Waals surface area contributed by atoms with Crippen LogP contribution < -0.4 is 5.73 Å². The lowest BCUT2D eigenvalue weighted by atomic mass is 10.00. The van der Waals surface area contributed by atoms with Gasteiger partial charge in [-0.15, -0.1) is 11.3 Å². The Hall–Kier alpha value is 0.1000. The van der Waals surface area contributed by atoms with Gasteiger partial charge in [0.2, 0.25) is 0 Å². The lowest BCUT2D eigenvalue weighted by Gasteiger charge is -2.37. The molecule has 0 spiro atoms. The molecule has 3 rings (SSSR count). The van der Waals surface area contributed by atoms with Gasteiger partial charge in [0.25, 0.3) is 0 Å². The molecule has 1 aliphatic carbocycles. The molecule has 100 valence electrons. The van der Waals surface area contributed by atoms with Crippen molar-refractivity contribution >= 4 is 27.3 Å². The van der Waals surface area contributed by atoms with Gasteiger partial charge in [-0.05, 0) is 53.6 Å². The largest absolute Gasteiger partial charge is 0.326 e. The molecule has 2 N–H and O–H groups in total. The summed E-state index contributed by atoms with van der Waals surface area (Å²) in [7, 11) is 0. The summed E-state index contributed by atoms with van der Waals surface area (Å²) in [6.45, 7) is 3.47. The van der Waals surface area contributed by atoms with Crippen molar-refractivity contribution < 1.29 is 0 Å². The summed E-state index contributed by atoms with van der Waals surface area (Å²) in [4.78, 5) is 4.13. The minimum Gasteiger partial charge on any atom is -0.326 e. The quantitative estimate of drug-likeness (QED) is 0.911. The van der Waals surface area contributed by atoms with Crippen molar-refractivity contribution in [2.75, 3.05) is 6.54 Å². The number of nitrogens with zero attached hydrogens (tertiary/aromatic N) is 1. The van der Waals surface area contributed by atoms with E-state index in [0.717, 1.165) is 18.4 Å². The summed E-state index contributed by atoms with van der Waals surface area (Å²) < 4.78 is 1.19. The van der Waals surface area contributed by atoms with Gasteiger partial charge in [-0.3, -0.25) is 4.90 Å². The average Bonchev–Trinajstić information content (AvgIpc) is 3.06. The Balaban J connectivity index is 1.86. The van der Waals surface area contributed by atoms with E-state index in [1.807, 2.05) is 11.3 Å². The Morgan fingerprint density at radius 3 is 2.89 bits per heavy atom. The SMILES string of the molecule is CCC(N)C(c1cc(Br)cs1)N1CC2CCC1C2. The number of rotatable bonds is 4. The normalized spacial score (nSPS) is 30.8. The Bertz CT molecular complexity index is 420. The molecule has 2 bridgehead atoms. The molecule has 4 atom stereocenters. The summed E-state index contributed by atoms with van der Waals surface area (Å²) in [5.41, 5.74) is 6.42. The first kappa shape index (κ1) is 13.1. The number of hydrogen-bond donors (Lipinski definition) is 1. The van der Waals surface area contributed by atoms with Gasteiger partial charge in [0.15, 0.2) is 0 Å². The number of halogens is 1. The molecule has 1 aliphatic heterocycles. The number of nitrogens with two attached hydrogens (primary N) is 1. The molecule has 0 aromatic carbocycles. The molecular formula is C14H21BrN2S. The molecule has 4 unspecified atom stereocenters. The Labute approximate surface area is 122 Å². The lowest BCUT2D eigenvalue weighted by molar-refractivity contribution is 0.129. The average molecular weight is 329 g/mol. The van der Waals surface area contributed by atoms with Crippen LogP contribution in [0.4, 0.5) is 0 Å². The molecule has 2 heterocycles. The second kappa shape index (κ2) is 5.23. The zero-order valence-corrected chi connectivity index (χ0v) is 13.2. The Morgan fingerprint density at radius 2 is 2.39 bits per heavy atom. The lowest BCUT2D eigenvalue weighted by Crippen LogP contribution is -2.44. The summed E-state index contributed by atoms with van der Waals surface area (Å²) in [6.07, 6.45) is 5.26. The molecule has 4 heteroatoms. The van der Waals surface area contributed by atoms with Crippen LogP contribution in [0.5, 0.6) is 0 Å². The van der Waals surface area contributed by atoms with Gasteiger partial charge in [-0.1, -0.05) is 6.92 Å². The van der Waals surface area contributed by atoms with Crippen LogP contribution in [0.2, 0.25) is 0 Å². The first-order valence-corrected chi connectivity index (χ1v) is 8.61. The van der Waals surface area contributed by atoms with E-state index in [1.54, 1.807) is 0 Å². The third kappa shape index (κ3) is 2.28. The molecule has 2 aliphatic rings. The zero-order chi connectivity index (χ0) is 12.7. The summed E-state index contributed by atoms with van der Waals surface area (Å²) in [6, 6.07) is 3.74. The number of thiophene rings is 1. The van der Waals surface area contributed by atoms with E-state index >= 15 is 0 Å². The third-order valence-corrected chi connectivity index (χ3v) is 6.33. The van der Waals surface area contributed by atoms with Crippen molar-refractivity contribution in [2.24, 2.45) is 11.7 Å². The maximum Gasteiger partial charge on any atom is 0.0596 e. The van der Waals surface area contributed by atoms with Gasteiger partial charge >= 0.3 is 0 Å². The van der Waals surface area contributed by atoms with E-state index < -0.39 is 0 Å². The molecular weight excluding hydrogens is 308 g/mol. The molecule has 2 nitrogen and oxygen atoms in total. The monoisotopic (exact) mass is 328 g/mol. The number of hydrogen-bond acceptors (Lipinski definition) is 3. The van der Waals surface area contributed by atoms with E-state index in [1.165, 1.54) is 35.2 Å². The molecule has 18 heavy (non-hydrogen) atoms. The highest BCUT2D eigenvalue weighted by atomic mass is 79.9. The van der Waals surface area contributed by atoms with E-state index in [0.29, 0.717) is 6.04 Å². The molecule has 1 saturated heterocycles. The standard InChI is InChI=1S/C14H21BrN2S/c1-2-12(16)14(13-6-10(15)8-18-13)17-7-9-3-4-11(17)5-9/h6,8-9,11-12,14H,2-5,7,16H2,1H3. The van der Waals surface area contributed by atoms with Gasteiger partial charge in [0, 0.05) is 33.4 Å². The highest BCUT2D eigenvalue weighted by molar-refractivity contribution is 9.10.